The molecule has 101 valence electrons. The van der Waals surface area contributed by atoms with E-state index in [2.05, 4.69) is 0 Å². The van der Waals surface area contributed by atoms with Crippen LogP contribution in [0.4, 0.5) is 0 Å². The minimum Gasteiger partial charge on any atom is -0.454 e. The number of hydrogen-bond acceptors (Lipinski definition) is 5. The number of rotatable bonds is 5. The van der Waals surface area contributed by atoms with Gasteiger partial charge in [0.15, 0.2) is 5.40 Å². The van der Waals surface area contributed by atoms with E-state index in [1.807, 2.05) is 6.92 Å². The van der Waals surface area contributed by atoms with Crippen LogP contribution in [0, 0.1) is 5.40 Å². The van der Waals surface area contributed by atoms with Crippen LogP contribution >= 0.6 is 16.8 Å². The second-order valence-corrected chi connectivity index (χ2v) is 7.01. The highest BCUT2D eigenvalue weighted by atomic mass is 31.2. The lowest BCUT2D eigenvalue weighted by atomic mass is 10.2. The van der Waals surface area contributed by atoms with Crippen molar-refractivity contribution in [1.82, 2.24) is 0 Å². The predicted molar refractivity (Wildman–Crippen MR) is 70.4 cm³/mol. The van der Waals surface area contributed by atoms with E-state index in [0.29, 0.717) is 19.6 Å². The molecule has 0 aromatic carbocycles. The van der Waals surface area contributed by atoms with Crippen molar-refractivity contribution in [3.63, 3.8) is 0 Å². The SMILES string of the molecule is CCCC(O)[C](P1OC=CCO1)P1OC=CCO1. The minimum absolute atomic E-state index is 0.493. The van der Waals surface area contributed by atoms with Crippen LogP contribution in [-0.4, -0.2) is 24.4 Å². The Morgan fingerprint density at radius 1 is 1.17 bits per heavy atom. The number of aliphatic hydroxyl groups excluding tert-OH is 1. The number of aliphatic hydroxyl groups is 1. The molecular formula is C11H17O5P2. The summed E-state index contributed by atoms with van der Waals surface area (Å²) < 4.78 is 22.0. The Hall–Kier alpha value is -0.180. The van der Waals surface area contributed by atoms with Gasteiger partial charge in [0, 0.05) is 0 Å². The summed E-state index contributed by atoms with van der Waals surface area (Å²) >= 11 is 0. The quantitative estimate of drug-likeness (QED) is 0.787. The van der Waals surface area contributed by atoms with Crippen molar-refractivity contribution in [1.29, 1.82) is 0 Å². The van der Waals surface area contributed by atoms with E-state index in [1.54, 1.807) is 24.7 Å². The van der Waals surface area contributed by atoms with Gasteiger partial charge in [-0.05, 0) is 18.6 Å². The summed E-state index contributed by atoms with van der Waals surface area (Å²) in [7, 11) is -2.57. The molecule has 18 heavy (non-hydrogen) atoms. The average molecular weight is 291 g/mol. The predicted octanol–water partition coefficient (Wildman–Crippen LogP) is 3.38. The van der Waals surface area contributed by atoms with E-state index in [4.69, 9.17) is 18.1 Å². The molecule has 2 heterocycles. The van der Waals surface area contributed by atoms with Gasteiger partial charge >= 0.3 is 0 Å². The molecule has 0 spiro atoms. The van der Waals surface area contributed by atoms with Gasteiger partial charge in [0.1, 0.15) is 0 Å². The molecule has 3 atom stereocenters. The Balaban J connectivity index is 2.05. The fraction of sp³-hybridized carbons (Fsp3) is 0.545. The maximum atomic E-state index is 10.2. The molecule has 2 aliphatic rings. The lowest BCUT2D eigenvalue weighted by Gasteiger charge is -2.33. The molecular weight excluding hydrogens is 274 g/mol. The molecule has 0 bridgehead atoms. The smallest absolute Gasteiger partial charge is 0.251 e. The van der Waals surface area contributed by atoms with E-state index < -0.39 is 22.9 Å². The summed E-state index contributed by atoms with van der Waals surface area (Å²) in [5, 5.41) is 11.0. The topological polar surface area (TPSA) is 57.2 Å². The standard InChI is InChI=1S/C11H17O5P2/c1-2-5-10(12)11(17-13-6-3-7-14-17)18-15-8-4-9-16-18/h3-4,6,8,10,12H,2,5,7,9H2,1H3. The molecule has 1 radical (unpaired) electrons. The lowest BCUT2D eigenvalue weighted by Crippen LogP contribution is -2.19. The minimum atomic E-state index is -1.28. The molecule has 0 aromatic heterocycles. The lowest BCUT2D eigenvalue weighted by molar-refractivity contribution is 0.183. The van der Waals surface area contributed by atoms with Crippen molar-refractivity contribution in [3.05, 3.63) is 30.1 Å². The van der Waals surface area contributed by atoms with Gasteiger partial charge in [0.25, 0.3) is 16.8 Å². The first kappa shape index (κ1) is 14.2. The van der Waals surface area contributed by atoms with E-state index in [9.17, 15) is 5.11 Å². The van der Waals surface area contributed by atoms with Crippen LogP contribution in [-0.2, 0) is 18.1 Å². The summed E-state index contributed by atoms with van der Waals surface area (Å²) in [5.41, 5.74) is 0. The molecule has 3 unspecified atom stereocenters. The molecule has 0 aliphatic carbocycles. The monoisotopic (exact) mass is 291 g/mol. The van der Waals surface area contributed by atoms with E-state index in [1.165, 1.54) is 0 Å². The van der Waals surface area contributed by atoms with Crippen molar-refractivity contribution in [2.24, 2.45) is 0 Å². The highest BCUT2D eigenvalue weighted by Gasteiger charge is 2.43. The summed E-state index contributed by atoms with van der Waals surface area (Å²) in [4.78, 5) is 0. The molecule has 0 saturated carbocycles. The molecule has 2 rings (SSSR count). The fourth-order valence-corrected chi connectivity index (χ4v) is 4.86. The third-order valence-electron chi connectivity index (χ3n) is 2.32. The first-order valence-electron chi connectivity index (χ1n) is 5.87. The van der Waals surface area contributed by atoms with Crippen LogP contribution in [0.1, 0.15) is 19.8 Å². The van der Waals surface area contributed by atoms with Gasteiger partial charge in [-0.15, -0.1) is 0 Å². The first-order chi connectivity index (χ1) is 8.83. The third kappa shape index (κ3) is 3.66. The third-order valence-corrected chi connectivity index (χ3v) is 6.03. The van der Waals surface area contributed by atoms with Gasteiger partial charge in [0.2, 0.25) is 0 Å². The second-order valence-electron chi connectivity index (χ2n) is 3.72. The van der Waals surface area contributed by atoms with Crippen molar-refractivity contribution >= 4 is 16.8 Å². The highest BCUT2D eigenvalue weighted by molar-refractivity contribution is 7.71. The Labute approximate surface area is 110 Å². The van der Waals surface area contributed by atoms with Crippen molar-refractivity contribution in [2.45, 2.75) is 25.9 Å². The van der Waals surface area contributed by atoms with Crippen molar-refractivity contribution in [3.8, 4) is 0 Å². The Morgan fingerprint density at radius 3 is 2.11 bits per heavy atom. The molecule has 0 amide bonds. The second kappa shape index (κ2) is 7.42. The maximum Gasteiger partial charge on any atom is 0.251 e. The van der Waals surface area contributed by atoms with E-state index >= 15 is 0 Å². The summed E-state index contributed by atoms with van der Waals surface area (Å²) in [6.07, 6.45) is 7.73. The Morgan fingerprint density at radius 2 is 1.72 bits per heavy atom. The zero-order valence-corrected chi connectivity index (χ0v) is 12.0. The van der Waals surface area contributed by atoms with Gasteiger partial charge in [-0.2, -0.15) is 0 Å². The largest absolute Gasteiger partial charge is 0.454 e. The summed E-state index contributed by atoms with van der Waals surface area (Å²) in [6.45, 7) is 3.01. The summed E-state index contributed by atoms with van der Waals surface area (Å²) in [5.74, 6) is 0. The van der Waals surface area contributed by atoms with Crippen LogP contribution in [0.3, 0.4) is 0 Å². The van der Waals surface area contributed by atoms with Gasteiger partial charge in [0.05, 0.1) is 31.8 Å². The zero-order valence-electron chi connectivity index (χ0n) is 10.2. The molecule has 2 aliphatic heterocycles. The molecule has 1 N–H and O–H groups in total. The van der Waals surface area contributed by atoms with Crippen LogP contribution in [0.2, 0.25) is 0 Å². The summed E-state index contributed by atoms with van der Waals surface area (Å²) in [6, 6.07) is 0. The average Bonchev–Trinajstić information content (AvgIpc) is 2.42. The Bertz CT molecular complexity index is 286. The molecule has 5 nitrogen and oxygen atoms in total. The van der Waals surface area contributed by atoms with Crippen LogP contribution in [0.5, 0.6) is 0 Å². The van der Waals surface area contributed by atoms with Crippen LogP contribution < -0.4 is 0 Å². The van der Waals surface area contributed by atoms with E-state index in [-0.39, 0.29) is 0 Å². The van der Waals surface area contributed by atoms with E-state index in [0.717, 1.165) is 11.8 Å². The molecule has 0 fully saturated rings. The van der Waals surface area contributed by atoms with Gasteiger partial charge < -0.3 is 23.2 Å². The van der Waals surface area contributed by atoms with Crippen molar-refractivity contribution in [2.75, 3.05) is 13.2 Å². The molecule has 7 heteroatoms. The van der Waals surface area contributed by atoms with Gasteiger partial charge in [-0.3, -0.25) is 0 Å². The number of hydrogen-bond donors (Lipinski definition) is 1. The van der Waals surface area contributed by atoms with Crippen LogP contribution in [0.25, 0.3) is 0 Å². The van der Waals surface area contributed by atoms with Crippen LogP contribution in [0.15, 0.2) is 24.7 Å². The first-order valence-corrected chi connectivity index (χ1v) is 8.23. The molecule has 0 aromatic rings. The van der Waals surface area contributed by atoms with Crippen molar-refractivity contribution < 1.29 is 23.2 Å². The normalized spacial score (nSPS) is 28.8. The van der Waals surface area contributed by atoms with Gasteiger partial charge in [-0.1, -0.05) is 13.3 Å². The highest BCUT2D eigenvalue weighted by Crippen LogP contribution is 2.69. The van der Waals surface area contributed by atoms with Gasteiger partial charge in [-0.25, -0.2) is 0 Å². The molecule has 0 saturated heterocycles. The fourth-order valence-electron chi connectivity index (χ4n) is 1.51. The zero-order chi connectivity index (χ0) is 12.8. The maximum absolute atomic E-state index is 10.2. The Kier molecular flexibility index (Phi) is 5.87.